The van der Waals surface area contributed by atoms with E-state index >= 15 is 0 Å². The number of halogens is 3. The number of hydrogen-bond acceptors (Lipinski definition) is 11. The van der Waals surface area contributed by atoms with Gasteiger partial charge in [-0.3, -0.25) is 4.79 Å². The first kappa shape index (κ1) is 34.8. The number of nitrogens with one attached hydrogen (secondary N) is 2. The van der Waals surface area contributed by atoms with Gasteiger partial charge in [0.15, 0.2) is 5.13 Å². The minimum Gasteiger partial charge on any atom is -0.477 e. The molecule has 1 aliphatic heterocycles. The van der Waals surface area contributed by atoms with Crippen LogP contribution < -0.4 is 21.3 Å². The Balaban J connectivity index is 0.000000195. The number of ether oxygens (including phenoxy) is 1. The summed E-state index contributed by atoms with van der Waals surface area (Å²) in [6, 6.07) is 9.92. The van der Waals surface area contributed by atoms with Crippen LogP contribution in [0.5, 0.6) is 0 Å². The highest BCUT2D eigenvalue weighted by Gasteiger charge is 2.32. The average Bonchev–Trinajstić information content (AvgIpc) is 3.72. The number of nitrogens with zero attached hydrogens (tertiary/aromatic N) is 6. The zero-order chi connectivity index (χ0) is 35.3. The first-order chi connectivity index (χ1) is 23.2. The number of alkyl halides is 3. The number of morpholine rings is 1. The number of aromatic carboxylic acids is 1. The van der Waals surface area contributed by atoms with Gasteiger partial charge >= 0.3 is 12.1 Å². The van der Waals surface area contributed by atoms with E-state index in [0.717, 1.165) is 47.9 Å². The first-order valence-corrected chi connectivity index (χ1v) is 15.6. The number of carbonyl (C=O) groups excluding carboxylic acids is 1. The quantitative estimate of drug-likeness (QED) is 0.150. The van der Waals surface area contributed by atoms with Crippen molar-refractivity contribution in [3.8, 4) is 5.69 Å². The van der Waals surface area contributed by atoms with E-state index in [1.54, 1.807) is 31.3 Å². The van der Waals surface area contributed by atoms with Gasteiger partial charge in [-0.05, 0) is 56.7 Å². The van der Waals surface area contributed by atoms with E-state index in [-0.39, 0.29) is 16.1 Å². The molecule has 0 saturated carbocycles. The minimum atomic E-state index is -4.59. The van der Waals surface area contributed by atoms with Crippen LogP contribution >= 0.6 is 11.3 Å². The second-order valence-corrected chi connectivity index (χ2v) is 12.0. The lowest BCUT2D eigenvalue weighted by Crippen LogP contribution is -2.36. The smallest absolute Gasteiger partial charge is 0.416 e. The van der Waals surface area contributed by atoms with Crippen molar-refractivity contribution in [3.05, 3.63) is 94.3 Å². The minimum absolute atomic E-state index is 0.120. The number of hydrogen-bond donors (Lipinski definition) is 4. The first-order valence-electron chi connectivity index (χ1n) is 14.8. The van der Waals surface area contributed by atoms with Gasteiger partial charge in [0.1, 0.15) is 22.3 Å². The van der Waals surface area contributed by atoms with Gasteiger partial charge in [-0.15, -0.1) is 0 Å². The number of benzene rings is 2. The molecular formula is C32H32F3N9O4S. The van der Waals surface area contributed by atoms with Gasteiger partial charge in [0.2, 0.25) is 0 Å². The number of imidazole rings is 1. The van der Waals surface area contributed by atoms with Gasteiger partial charge in [0, 0.05) is 48.0 Å². The number of anilines is 5. The van der Waals surface area contributed by atoms with Crippen LogP contribution in [0.2, 0.25) is 0 Å². The molecule has 0 bridgehead atoms. The highest BCUT2D eigenvalue weighted by atomic mass is 32.1. The molecule has 256 valence electrons. The molecule has 49 heavy (non-hydrogen) atoms. The van der Waals surface area contributed by atoms with E-state index in [2.05, 4.69) is 35.5 Å². The van der Waals surface area contributed by atoms with Gasteiger partial charge in [-0.1, -0.05) is 17.4 Å². The van der Waals surface area contributed by atoms with E-state index in [4.69, 9.17) is 15.6 Å². The number of nitrogens with two attached hydrogens (primary N) is 1. The number of amides is 1. The van der Waals surface area contributed by atoms with Crippen molar-refractivity contribution in [2.24, 2.45) is 0 Å². The van der Waals surface area contributed by atoms with Crippen molar-refractivity contribution in [1.82, 2.24) is 24.5 Å². The third kappa shape index (κ3) is 9.08. The van der Waals surface area contributed by atoms with Gasteiger partial charge < -0.3 is 35.7 Å². The molecular weight excluding hydrogens is 663 g/mol. The molecule has 5 aromatic rings. The fourth-order valence-electron chi connectivity index (χ4n) is 4.65. The molecule has 1 amide bonds. The van der Waals surface area contributed by atoms with Crippen molar-refractivity contribution in [2.75, 3.05) is 47.6 Å². The van der Waals surface area contributed by atoms with Gasteiger partial charge in [0.05, 0.1) is 37.0 Å². The average molecular weight is 696 g/mol. The molecule has 5 N–H and O–H groups in total. The van der Waals surface area contributed by atoms with Gasteiger partial charge in [0.25, 0.3) is 5.91 Å². The van der Waals surface area contributed by atoms with Crippen LogP contribution in [-0.2, 0) is 10.9 Å². The standard InChI is InChI=1S/C19H17F3N4O.C13H15N5O3S/c1-11-3-4-15(8-17(11)23)25-18(27)13-5-14(19(20,21)22)7-16(6-13)26-9-12(2)24-10-26;1-8-15-10(17-13-14-7-9(22-13)12(19)20)6-11(16-8)18-2-4-21-5-3-18/h3-10H,23H2,1-2H3,(H,25,27);6-7H,2-5H2,1H3,(H,19,20)(H,14,15,16,17). The van der Waals surface area contributed by atoms with Crippen LogP contribution in [0, 0.1) is 20.8 Å². The Hall–Kier alpha value is -5.55. The lowest BCUT2D eigenvalue weighted by atomic mass is 10.1. The lowest BCUT2D eigenvalue weighted by molar-refractivity contribution is -0.137. The predicted octanol–water partition coefficient (Wildman–Crippen LogP) is 5.86. The molecule has 1 aliphatic rings. The number of carboxylic acid groups (broad SMARTS) is 1. The lowest BCUT2D eigenvalue weighted by Gasteiger charge is -2.28. The van der Waals surface area contributed by atoms with E-state index < -0.39 is 23.6 Å². The molecule has 6 rings (SSSR count). The molecule has 3 aromatic heterocycles. The van der Waals surface area contributed by atoms with Gasteiger partial charge in [-0.2, -0.15) is 13.2 Å². The van der Waals surface area contributed by atoms with E-state index in [1.807, 2.05) is 19.9 Å². The Bertz CT molecular complexity index is 1970. The van der Waals surface area contributed by atoms with Crippen LogP contribution in [0.4, 0.5) is 41.3 Å². The van der Waals surface area contributed by atoms with Crippen LogP contribution in [0.15, 0.2) is 61.2 Å². The van der Waals surface area contributed by atoms with Crippen LogP contribution in [0.25, 0.3) is 5.69 Å². The molecule has 4 heterocycles. The summed E-state index contributed by atoms with van der Waals surface area (Å²) < 4.78 is 46.6. The predicted molar refractivity (Wildman–Crippen MR) is 179 cm³/mol. The summed E-state index contributed by atoms with van der Waals surface area (Å²) >= 11 is 1.07. The summed E-state index contributed by atoms with van der Waals surface area (Å²) in [5, 5.41) is 15.0. The van der Waals surface area contributed by atoms with Crippen LogP contribution in [0.1, 0.15) is 42.7 Å². The largest absolute Gasteiger partial charge is 0.477 e. The number of carbonyl (C=O) groups is 2. The zero-order valence-electron chi connectivity index (χ0n) is 26.6. The Morgan fingerprint density at radius 1 is 1.02 bits per heavy atom. The summed E-state index contributed by atoms with van der Waals surface area (Å²) in [6.07, 6.45) is -0.285. The monoisotopic (exact) mass is 695 g/mol. The normalized spacial score (nSPS) is 13.0. The number of aromatic nitrogens is 5. The molecule has 17 heteroatoms. The highest BCUT2D eigenvalue weighted by molar-refractivity contribution is 7.17. The highest BCUT2D eigenvalue weighted by Crippen LogP contribution is 2.32. The second kappa shape index (κ2) is 14.7. The molecule has 2 aromatic carbocycles. The molecule has 0 atom stereocenters. The summed E-state index contributed by atoms with van der Waals surface area (Å²) in [5.74, 6) is 0.413. The second-order valence-electron chi connectivity index (χ2n) is 10.9. The summed E-state index contributed by atoms with van der Waals surface area (Å²) in [7, 11) is 0. The maximum Gasteiger partial charge on any atom is 0.416 e. The molecule has 1 saturated heterocycles. The molecule has 13 nitrogen and oxygen atoms in total. The van der Waals surface area contributed by atoms with Crippen molar-refractivity contribution < 1.29 is 32.6 Å². The van der Waals surface area contributed by atoms with Crippen molar-refractivity contribution >= 4 is 51.4 Å². The number of thiazole rings is 1. The van der Waals surface area contributed by atoms with Crippen molar-refractivity contribution in [2.45, 2.75) is 26.9 Å². The molecule has 0 radical (unpaired) electrons. The molecule has 1 fully saturated rings. The van der Waals surface area contributed by atoms with E-state index in [1.165, 1.54) is 23.2 Å². The van der Waals surface area contributed by atoms with E-state index in [0.29, 0.717) is 47.1 Å². The van der Waals surface area contributed by atoms with Crippen molar-refractivity contribution in [3.63, 3.8) is 0 Å². The SMILES string of the molecule is Cc1cn(-c2cc(C(=O)Nc3ccc(C)c(N)c3)cc(C(F)(F)F)c2)cn1.Cc1nc(Nc2ncc(C(=O)O)s2)cc(N2CCOCC2)n1. The molecule has 0 aliphatic carbocycles. The maximum atomic E-state index is 13.3. The third-order valence-corrected chi connectivity index (χ3v) is 8.07. The maximum absolute atomic E-state index is 13.3. The van der Waals surface area contributed by atoms with Gasteiger partial charge in [-0.25, -0.2) is 24.7 Å². The fraction of sp³-hybridized carbons (Fsp3) is 0.250. The molecule has 0 unspecified atom stereocenters. The number of carboxylic acids is 1. The molecule has 0 spiro atoms. The Morgan fingerprint density at radius 3 is 2.41 bits per heavy atom. The summed E-state index contributed by atoms with van der Waals surface area (Å²) in [6.45, 7) is 8.29. The Labute approximate surface area is 282 Å². The van der Waals surface area contributed by atoms with Crippen LogP contribution in [0.3, 0.4) is 0 Å². The Kier molecular flexibility index (Phi) is 10.4. The summed E-state index contributed by atoms with van der Waals surface area (Å²) in [5.41, 5.74) is 7.33. The zero-order valence-corrected chi connectivity index (χ0v) is 27.4. The summed E-state index contributed by atoms with van der Waals surface area (Å²) in [4.78, 5) is 42.5. The topological polar surface area (TPSA) is 173 Å². The number of rotatable bonds is 7. The fourth-order valence-corrected chi connectivity index (χ4v) is 5.31. The van der Waals surface area contributed by atoms with Crippen molar-refractivity contribution in [1.29, 1.82) is 0 Å². The van der Waals surface area contributed by atoms with E-state index in [9.17, 15) is 22.8 Å². The number of aryl methyl sites for hydroxylation is 3. The van der Waals surface area contributed by atoms with Crippen LogP contribution in [-0.4, -0.2) is 67.8 Å². The Morgan fingerprint density at radius 2 is 1.78 bits per heavy atom. The third-order valence-electron chi connectivity index (χ3n) is 7.17. The number of nitrogen functional groups attached to an aromatic ring is 1.